The molecule has 0 saturated heterocycles. The van der Waals surface area contributed by atoms with E-state index >= 15 is 0 Å². The van der Waals surface area contributed by atoms with Crippen LogP contribution in [-0.4, -0.2) is 56.1 Å². The standard InChI is InChI=1S/C14H31N3/c1-12-7-6-8-14(11-15,13(12)2)17(5)10-9-16(3)4/h12-13H,6-11,15H2,1-5H3. The molecule has 102 valence electrons. The first kappa shape index (κ1) is 14.9. The van der Waals surface area contributed by atoms with Crippen LogP contribution in [0.15, 0.2) is 0 Å². The number of nitrogens with two attached hydrogens (primary N) is 1. The number of likely N-dealkylation sites (N-methyl/N-ethyl adjacent to an activating group) is 2. The van der Waals surface area contributed by atoms with Gasteiger partial charge >= 0.3 is 0 Å². The molecule has 0 aromatic rings. The molecule has 1 rings (SSSR count). The predicted octanol–water partition coefficient (Wildman–Crippen LogP) is 1.63. The normalized spacial score (nSPS) is 34.6. The second kappa shape index (κ2) is 6.17. The lowest BCUT2D eigenvalue weighted by Crippen LogP contribution is -2.60. The molecule has 0 aromatic carbocycles. The van der Waals surface area contributed by atoms with Gasteiger partial charge < -0.3 is 10.6 Å². The molecule has 0 spiro atoms. The van der Waals surface area contributed by atoms with Crippen molar-refractivity contribution in [1.29, 1.82) is 0 Å². The van der Waals surface area contributed by atoms with Crippen molar-refractivity contribution >= 4 is 0 Å². The largest absolute Gasteiger partial charge is 0.329 e. The van der Waals surface area contributed by atoms with Crippen LogP contribution in [0, 0.1) is 11.8 Å². The van der Waals surface area contributed by atoms with Crippen LogP contribution >= 0.6 is 0 Å². The van der Waals surface area contributed by atoms with Gasteiger partial charge in [-0.15, -0.1) is 0 Å². The number of rotatable bonds is 5. The summed E-state index contributed by atoms with van der Waals surface area (Å²) in [5.41, 5.74) is 6.37. The average Bonchev–Trinajstić information content (AvgIpc) is 2.30. The summed E-state index contributed by atoms with van der Waals surface area (Å²) in [5.74, 6) is 1.50. The predicted molar refractivity (Wildman–Crippen MR) is 75.1 cm³/mol. The molecule has 0 amide bonds. The Bertz CT molecular complexity index is 230. The van der Waals surface area contributed by atoms with Crippen LogP contribution in [0.2, 0.25) is 0 Å². The zero-order chi connectivity index (χ0) is 13.1. The van der Waals surface area contributed by atoms with Gasteiger partial charge in [0, 0.05) is 25.2 Å². The van der Waals surface area contributed by atoms with E-state index in [1.54, 1.807) is 0 Å². The topological polar surface area (TPSA) is 32.5 Å². The Kier molecular flexibility index (Phi) is 5.42. The molecule has 2 N–H and O–H groups in total. The van der Waals surface area contributed by atoms with Crippen molar-refractivity contribution in [2.45, 2.75) is 38.6 Å². The number of hydrogen-bond donors (Lipinski definition) is 1. The molecule has 3 heteroatoms. The minimum atomic E-state index is 0.230. The summed E-state index contributed by atoms with van der Waals surface area (Å²) in [7, 11) is 6.52. The van der Waals surface area contributed by atoms with Crippen molar-refractivity contribution in [3.63, 3.8) is 0 Å². The molecule has 1 aliphatic carbocycles. The minimum absolute atomic E-state index is 0.230. The van der Waals surface area contributed by atoms with Gasteiger partial charge in [0.1, 0.15) is 0 Å². The molecular formula is C14H31N3. The van der Waals surface area contributed by atoms with E-state index in [0.717, 1.165) is 25.6 Å². The highest BCUT2D eigenvalue weighted by molar-refractivity contribution is 4.99. The van der Waals surface area contributed by atoms with Crippen molar-refractivity contribution in [3.05, 3.63) is 0 Å². The van der Waals surface area contributed by atoms with Gasteiger partial charge in [0.2, 0.25) is 0 Å². The third-order valence-electron chi connectivity index (χ3n) is 4.97. The van der Waals surface area contributed by atoms with Crippen LogP contribution in [-0.2, 0) is 0 Å². The Labute approximate surface area is 107 Å². The van der Waals surface area contributed by atoms with Crippen LogP contribution in [0.3, 0.4) is 0 Å². The SMILES string of the molecule is CC1CCCC(CN)(N(C)CCN(C)C)C1C. The highest BCUT2D eigenvalue weighted by atomic mass is 15.2. The lowest BCUT2D eigenvalue weighted by Gasteiger charge is -2.51. The van der Waals surface area contributed by atoms with Crippen molar-refractivity contribution in [2.24, 2.45) is 17.6 Å². The number of hydrogen-bond acceptors (Lipinski definition) is 3. The molecule has 3 atom stereocenters. The van der Waals surface area contributed by atoms with Gasteiger partial charge in [-0.3, -0.25) is 4.90 Å². The zero-order valence-corrected chi connectivity index (χ0v) is 12.4. The summed E-state index contributed by atoms with van der Waals surface area (Å²) in [6.07, 6.45) is 3.96. The summed E-state index contributed by atoms with van der Waals surface area (Å²) in [4.78, 5) is 4.77. The first-order valence-corrected chi connectivity index (χ1v) is 7.00. The maximum absolute atomic E-state index is 6.14. The molecule has 1 saturated carbocycles. The Morgan fingerprint density at radius 1 is 1.18 bits per heavy atom. The first-order valence-electron chi connectivity index (χ1n) is 7.00. The van der Waals surface area contributed by atoms with Crippen LogP contribution in [0.5, 0.6) is 0 Å². The van der Waals surface area contributed by atoms with E-state index in [2.05, 4.69) is 44.8 Å². The lowest BCUT2D eigenvalue weighted by atomic mass is 9.67. The molecular weight excluding hydrogens is 210 g/mol. The minimum Gasteiger partial charge on any atom is -0.329 e. The zero-order valence-electron chi connectivity index (χ0n) is 12.4. The third-order valence-corrected chi connectivity index (χ3v) is 4.97. The van der Waals surface area contributed by atoms with E-state index in [0.29, 0.717) is 5.92 Å². The smallest absolute Gasteiger partial charge is 0.0357 e. The van der Waals surface area contributed by atoms with E-state index in [1.807, 2.05) is 0 Å². The second-order valence-electron chi connectivity index (χ2n) is 6.19. The maximum Gasteiger partial charge on any atom is 0.0357 e. The monoisotopic (exact) mass is 241 g/mol. The molecule has 17 heavy (non-hydrogen) atoms. The fourth-order valence-electron chi connectivity index (χ4n) is 3.29. The fourth-order valence-corrected chi connectivity index (χ4v) is 3.29. The van der Waals surface area contributed by atoms with E-state index in [9.17, 15) is 0 Å². The van der Waals surface area contributed by atoms with Crippen LogP contribution in [0.4, 0.5) is 0 Å². The van der Waals surface area contributed by atoms with Gasteiger partial charge in [-0.1, -0.05) is 26.7 Å². The van der Waals surface area contributed by atoms with E-state index in [1.165, 1.54) is 19.3 Å². The van der Waals surface area contributed by atoms with Crippen molar-refractivity contribution < 1.29 is 0 Å². The van der Waals surface area contributed by atoms with Gasteiger partial charge in [0.05, 0.1) is 0 Å². The molecule has 3 nitrogen and oxygen atoms in total. The summed E-state index contributed by atoms with van der Waals surface area (Å²) in [6.45, 7) is 7.79. The Morgan fingerprint density at radius 2 is 1.82 bits per heavy atom. The molecule has 0 aromatic heterocycles. The van der Waals surface area contributed by atoms with Gasteiger partial charge in [0.15, 0.2) is 0 Å². The Balaban J connectivity index is 2.71. The average molecular weight is 241 g/mol. The number of nitrogens with zero attached hydrogens (tertiary/aromatic N) is 2. The van der Waals surface area contributed by atoms with Gasteiger partial charge in [-0.05, 0) is 39.4 Å². The Morgan fingerprint density at radius 3 is 2.35 bits per heavy atom. The molecule has 0 heterocycles. The maximum atomic E-state index is 6.14. The van der Waals surface area contributed by atoms with Crippen molar-refractivity contribution in [1.82, 2.24) is 9.80 Å². The fraction of sp³-hybridized carbons (Fsp3) is 1.00. The second-order valence-corrected chi connectivity index (χ2v) is 6.19. The quantitative estimate of drug-likeness (QED) is 0.794. The summed E-state index contributed by atoms with van der Waals surface area (Å²) in [5, 5.41) is 0. The molecule has 0 bridgehead atoms. The van der Waals surface area contributed by atoms with Gasteiger partial charge in [-0.25, -0.2) is 0 Å². The first-order chi connectivity index (χ1) is 7.94. The Hall–Kier alpha value is -0.120. The van der Waals surface area contributed by atoms with E-state index < -0.39 is 0 Å². The molecule has 1 fully saturated rings. The van der Waals surface area contributed by atoms with Gasteiger partial charge in [0.25, 0.3) is 0 Å². The van der Waals surface area contributed by atoms with E-state index in [4.69, 9.17) is 5.73 Å². The molecule has 3 unspecified atom stereocenters. The van der Waals surface area contributed by atoms with Crippen LogP contribution in [0.25, 0.3) is 0 Å². The summed E-state index contributed by atoms with van der Waals surface area (Å²) < 4.78 is 0. The highest BCUT2D eigenvalue weighted by Gasteiger charge is 2.43. The summed E-state index contributed by atoms with van der Waals surface area (Å²) in [6, 6.07) is 0. The van der Waals surface area contributed by atoms with Gasteiger partial charge in [-0.2, -0.15) is 0 Å². The third kappa shape index (κ3) is 3.21. The highest BCUT2D eigenvalue weighted by Crippen LogP contribution is 2.40. The summed E-state index contributed by atoms with van der Waals surface area (Å²) >= 11 is 0. The van der Waals surface area contributed by atoms with Crippen molar-refractivity contribution in [3.8, 4) is 0 Å². The molecule has 1 aliphatic rings. The molecule has 0 aliphatic heterocycles. The van der Waals surface area contributed by atoms with E-state index in [-0.39, 0.29) is 5.54 Å². The van der Waals surface area contributed by atoms with Crippen LogP contribution < -0.4 is 5.73 Å². The van der Waals surface area contributed by atoms with Crippen LogP contribution in [0.1, 0.15) is 33.1 Å². The van der Waals surface area contributed by atoms with Crippen molar-refractivity contribution in [2.75, 3.05) is 40.8 Å². The lowest BCUT2D eigenvalue weighted by molar-refractivity contribution is 0.00377. The molecule has 0 radical (unpaired) electrons.